The Kier molecular flexibility index (Phi) is 3.39. The van der Waals surface area contributed by atoms with Gasteiger partial charge in [-0.05, 0) is 6.92 Å². The fraction of sp³-hybridized carbons (Fsp3) is 0.800. The molecule has 0 amide bonds. The van der Waals surface area contributed by atoms with Crippen LogP contribution in [0.5, 0.6) is 0 Å². The van der Waals surface area contributed by atoms with E-state index in [-0.39, 0.29) is 18.8 Å². The SMILES string of the molecule is CC(=O)CC(O)CO. The van der Waals surface area contributed by atoms with Crippen LogP contribution in [0.3, 0.4) is 0 Å². The van der Waals surface area contributed by atoms with Crippen molar-refractivity contribution in [2.24, 2.45) is 0 Å². The Morgan fingerprint density at radius 2 is 2.25 bits per heavy atom. The highest BCUT2D eigenvalue weighted by Crippen LogP contribution is 1.88. The van der Waals surface area contributed by atoms with E-state index in [0.717, 1.165) is 0 Å². The Morgan fingerprint density at radius 1 is 1.75 bits per heavy atom. The van der Waals surface area contributed by atoms with Crippen molar-refractivity contribution in [3.63, 3.8) is 0 Å². The Balaban J connectivity index is 3.24. The second-order valence-corrected chi connectivity index (χ2v) is 1.74. The summed E-state index contributed by atoms with van der Waals surface area (Å²) < 4.78 is 0. The van der Waals surface area contributed by atoms with E-state index in [2.05, 4.69) is 0 Å². The van der Waals surface area contributed by atoms with Gasteiger partial charge in [0, 0.05) is 6.42 Å². The molecule has 0 saturated carbocycles. The maximum Gasteiger partial charge on any atom is 0.132 e. The Bertz CT molecular complexity index is 79.7. The lowest BCUT2D eigenvalue weighted by atomic mass is 10.2. The molecule has 0 aromatic carbocycles. The molecular weight excluding hydrogens is 108 g/mol. The lowest BCUT2D eigenvalue weighted by Gasteiger charge is -2.00. The summed E-state index contributed by atoms with van der Waals surface area (Å²) in [6.45, 7) is 1.04. The van der Waals surface area contributed by atoms with Gasteiger partial charge in [-0.25, -0.2) is 0 Å². The van der Waals surface area contributed by atoms with E-state index in [1.54, 1.807) is 0 Å². The minimum absolute atomic E-state index is 0.0521. The van der Waals surface area contributed by atoms with Crippen molar-refractivity contribution in [1.29, 1.82) is 0 Å². The molecule has 8 heavy (non-hydrogen) atoms. The third-order valence-corrected chi connectivity index (χ3v) is 0.734. The van der Waals surface area contributed by atoms with Crippen molar-refractivity contribution in [3.8, 4) is 0 Å². The Morgan fingerprint density at radius 3 is 2.38 bits per heavy atom. The molecule has 0 heterocycles. The summed E-state index contributed by atoms with van der Waals surface area (Å²) in [4.78, 5) is 10.1. The normalized spacial score (nSPS) is 13.4. The first kappa shape index (κ1) is 7.59. The van der Waals surface area contributed by atoms with E-state index in [0.29, 0.717) is 0 Å². The van der Waals surface area contributed by atoms with Crippen LogP contribution in [0, 0.1) is 0 Å². The zero-order valence-corrected chi connectivity index (χ0v) is 4.79. The van der Waals surface area contributed by atoms with Crippen molar-refractivity contribution < 1.29 is 15.0 Å². The first-order valence-corrected chi connectivity index (χ1v) is 2.45. The number of hydrogen-bond donors (Lipinski definition) is 2. The zero-order valence-electron chi connectivity index (χ0n) is 4.79. The van der Waals surface area contributed by atoms with Crippen LogP contribution in [0.25, 0.3) is 0 Å². The summed E-state index contributed by atoms with van der Waals surface area (Å²) in [5, 5.41) is 16.7. The van der Waals surface area contributed by atoms with Crippen LogP contribution >= 0.6 is 0 Å². The lowest BCUT2D eigenvalue weighted by Crippen LogP contribution is -2.15. The Hall–Kier alpha value is -0.410. The van der Waals surface area contributed by atoms with E-state index in [9.17, 15) is 4.79 Å². The van der Waals surface area contributed by atoms with Gasteiger partial charge in [0.05, 0.1) is 12.7 Å². The standard InChI is InChI=1S/C5H10O3/c1-4(7)2-5(8)3-6/h5-6,8H,2-3H2,1H3. The molecule has 48 valence electrons. The summed E-state index contributed by atoms with van der Waals surface area (Å²) in [6, 6.07) is 0. The molecule has 0 bridgehead atoms. The first-order chi connectivity index (χ1) is 3.66. The van der Waals surface area contributed by atoms with Gasteiger partial charge in [0.2, 0.25) is 0 Å². The van der Waals surface area contributed by atoms with Gasteiger partial charge in [0.25, 0.3) is 0 Å². The van der Waals surface area contributed by atoms with Crippen molar-refractivity contribution in [2.75, 3.05) is 6.61 Å². The highest BCUT2D eigenvalue weighted by atomic mass is 16.3. The number of hydrogen-bond acceptors (Lipinski definition) is 3. The van der Waals surface area contributed by atoms with Crippen molar-refractivity contribution in [3.05, 3.63) is 0 Å². The minimum Gasteiger partial charge on any atom is -0.394 e. The van der Waals surface area contributed by atoms with Crippen LogP contribution in [-0.4, -0.2) is 28.7 Å². The number of aliphatic hydroxyl groups is 2. The number of carbonyl (C=O) groups excluding carboxylic acids is 1. The predicted molar refractivity (Wildman–Crippen MR) is 28.4 cm³/mol. The van der Waals surface area contributed by atoms with Gasteiger partial charge in [0.15, 0.2) is 0 Å². The second kappa shape index (κ2) is 3.57. The van der Waals surface area contributed by atoms with Gasteiger partial charge in [0.1, 0.15) is 5.78 Å². The van der Waals surface area contributed by atoms with Crippen LogP contribution in [0.2, 0.25) is 0 Å². The summed E-state index contributed by atoms with van der Waals surface area (Å²) in [6.07, 6.45) is -0.816. The summed E-state index contributed by atoms with van der Waals surface area (Å²) in [5.74, 6) is -0.105. The van der Waals surface area contributed by atoms with E-state index in [4.69, 9.17) is 10.2 Å². The molecule has 1 unspecified atom stereocenters. The van der Waals surface area contributed by atoms with E-state index < -0.39 is 6.10 Å². The summed E-state index contributed by atoms with van der Waals surface area (Å²) in [7, 11) is 0. The molecule has 0 aliphatic heterocycles. The maximum atomic E-state index is 10.1. The molecule has 0 aliphatic carbocycles. The molecule has 3 nitrogen and oxygen atoms in total. The molecule has 1 atom stereocenters. The first-order valence-electron chi connectivity index (χ1n) is 2.45. The van der Waals surface area contributed by atoms with E-state index >= 15 is 0 Å². The van der Waals surface area contributed by atoms with Crippen LogP contribution in [0.15, 0.2) is 0 Å². The quantitative estimate of drug-likeness (QED) is 0.516. The van der Waals surface area contributed by atoms with Crippen LogP contribution < -0.4 is 0 Å². The predicted octanol–water partition coefficient (Wildman–Crippen LogP) is -0.681. The molecule has 0 aliphatic rings. The molecule has 0 spiro atoms. The molecule has 0 aromatic rings. The van der Waals surface area contributed by atoms with Gasteiger partial charge in [-0.15, -0.1) is 0 Å². The van der Waals surface area contributed by atoms with Gasteiger partial charge in [-0.2, -0.15) is 0 Å². The minimum atomic E-state index is -0.868. The number of ketones is 1. The Labute approximate surface area is 47.9 Å². The van der Waals surface area contributed by atoms with E-state index in [1.165, 1.54) is 6.92 Å². The summed E-state index contributed by atoms with van der Waals surface area (Å²) in [5.41, 5.74) is 0. The van der Waals surface area contributed by atoms with Gasteiger partial charge in [-0.1, -0.05) is 0 Å². The largest absolute Gasteiger partial charge is 0.394 e. The molecule has 0 aromatic heterocycles. The zero-order chi connectivity index (χ0) is 6.57. The molecule has 0 rings (SSSR count). The highest BCUT2D eigenvalue weighted by Gasteiger charge is 2.03. The fourth-order valence-corrected chi connectivity index (χ4v) is 0.396. The molecule has 0 saturated heterocycles. The van der Waals surface area contributed by atoms with Crippen molar-refractivity contribution in [1.82, 2.24) is 0 Å². The van der Waals surface area contributed by atoms with Crippen LogP contribution in [0.4, 0.5) is 0 Å². The summed E-state index contributed by atoms with van der Waals surface area (Å²) >= 11 is 0. The number of carbonyl (C=O) groups is 1. The molecule has 0 fully saturated rings. The second-order valence-electron chi connectivity index (χ2n) is 1.74. The monoisotopic (exact) mass is 118 g/mol. The van der Waals surface area contributed by atoms with Gasteiger partial charge in [-0.3, -0.25) is 4.79 Å². The van der Waals surface area contributed by atoms with Crippen molar-refractivity contribution >= 4 is 5.78 Å². The average molecular weight is 118 g/mol. The highest BCUT2D eigenvalue weighted by molar-refractivity contribution is 5.75. The number of aliphatic hydroxyl groups excluding tert-OH is 2. The molecule has 2 N–H and O–H groups in total. The van der Waals surface area contributed by atoms with Crippen LogP contribution in [0.1, 0.15) is 13.3 Å². The third-order valence-electron chi connectivity index (χ3n) is 0.734. The van der Waals surface area contributed by atoms with Crippen LogP contribution in [-0.2, 0) is 4.79 Å². The average Bonchev–Trinajstić information content (AvgIpc) is 1.65. The molecular formula is C5H10O3. The maximum absolute atomic E-state index is 10.1. The third kappa shape index (κ3) is 3.77. The van der Waals surface area contributed by atoms with Gasteiger partial charge < -0.3 is 10.2 Å². The lowest BCUT2D eigenvalue weighted by molar-refractivity contribution is -0.119. The number of Topliss-reactive ketones (excluding diaryl/α,β-unsaturated/α-hetero) is 1. The van der Waals surface area contributed by atoms with E-state index in [1.807, 2.05) is 0 Å². The molecule has 3 heteroatoms. The van der Waals surface area contributed by atoms with Gasteiger partial charge >= 0.3 is 0 Å². The topological polar surface area (TPSA) is 57.5 Å². The smallest absolute Gasteiger partial charge is 0.132 e. The van der Waals surface area contributed by atoms with Crippen molar-refractivity contribution in [2.45, 2.75) is 19.4 Å². The molecule has 0 radical (unpaired) electrons. The fourth-order valence-electron chi connectivity index (χ4n) is 0.396. The number of rotatable bonds is 3.